The van der Waals surface area contributed by atoms with Gasteiger partial charge in [0.25, 0.3) is 0 Å². The predicted molar refractivity (Wildman–Crippen MR) is 81.9 cm³/mol. The molecule has 4 nitrogen and oxygen atoms in total. The highest BCUT2D eigenvalue weighted by Gasteiger charge is 2.15. The molecule has 1 aromatic carbocycles. The number of rotatable bonds is 9. The number of amides is 1. The molecule has 0 fully saturated rings. The standard InChI is InChI=1S/C15H21NO3S/c1-11(2)13-5-3-12(4-6-13)9-20-8-7-14(15(18)19)16-10-17/h3-6,10-11,14H,7-9H2,1-2H3,(H,16,17)(H,18,19). The Balaban J connectivity index is 2.33. The number of aliphatic carboxylic acids is 1. The van der Waals surface area contributed by atoms with Gasteiger partial charge in [-0.25, -0.2) is 4.79 Å². The van der Waals surface area contributed by atoms with Gasteiger partial charge in [-0.3, -0.25) is 4.79 Å². The zero-order chi connectivity index (χ0) is 15.0. The summed E-state index contributed by atoms with van der Waals surface area (Å²) in [5.74, 6) is 1.09. The average Bonchev–Trinajstić information content (AvgIpc) is 2.42. The minimum absolute atomic E-state index is 0.433. The van der Waals surface area contributed by atoms with Crippen LogP contribution in [0.5, 0.6) is 0 Å². The Bertz CT molecular complexity index is 431. The monoisotopic (exact) mass is 295 g/mol. The van der Waals surface area contributed by atoms with Crippen molar-refractivity contribution in [3.8, 4) is 0 Å². The van der Waals surface area contributed by atoms with Gasteiger partial charge in [-0.15, -0.1) is 0 Å². The minimum Gasteiger partial charge on any atom is -0.480 e. The minimum atomic E-state index is -0.987. The highest BCUT2D eigenvalue weighted by molar-refractivity contribution is 7.98. The maximum absolute atomic E-state index is 10.8. The van der Waals surface area contributed by atoms with Crippen LogP contribution in [0.3, 0.4) is 0 Å². The molecule has 0 aromatic heterocycles. The van der Waals surface area contributed by atoms with Crippen LogP contribution in [0.25, 0.3) is 0 Å². The molecule has 1 atom stereocenters. The van der Waals surface area contributed by atoms with Gasteiger partial charge in [0.2, 0.25) is 6.41 Å². The van der Waals surface area contributed by atoms with E-state index in [9.17, 15) is 9.59 Å². The van der Waals surface area contributed by atoms with Gasteiger partial charge in [0.05, 0.1) is 0 Å². The number of hydrogen-bond donors (Lipinski definition) is 2. The van der Waals surface area contributed by atoms with E-state index in [2.05, 4.69) is 43.4 Å². The van der Waals surface area contributed by atoms with Gasteiger partial charge in [0.1, 0.15) is 6.04 Å². The largest absolute Gasteiger partial charge is 0.480 e. The van der Waals surface area contributed by atoms with Crippen molar-refractivity contribution >= 4 is 24.1 Å². The van der Waals surface area contributed by atoms with Crippen molar-refractivity contribution in [2.75, 3.05) is 5.75 Å². The number of carbonyl (C=O) groups excluding carboxylic acids is 1. The fourth-order valence-electron chi connectivity index (χ4n) is 1.75. The van der Waals surface area contributed by atoms with Crippen molar-refractivity contribution in [3.05, 3.63) is 35.4 Å². The SMILES string of the molecule is CC(C)c1ccc(CSCCC(NC=O)C(=O)O)cc1. The van der Waals surface area contributed by atoms with Crippen molar-refractivity contribution in [2.24, 2.45) is 0 Å². The molecular weight excluding hydrogens is 274 g/mol. The van der Waals surface area contributed by atoms with Gasteiger partial charge in [-0.05, 0) is 29.2 Å². The summed E-state index contributed by atoms with van der Waals surface area (Å²) < 4.78 is 0. The summed E-state index contributed by atoms with van der Waals surface area (Å²) in [6.45, 7) is 4.33. The van der Waals surface area contributed by atoms with E-state index in [1.54, 1.807) is 11.8 Å². The first kappa shape index (κ1) is 16.6. The zero-order valence-electron chi connectivity index (χ0n) is 11.8. The average molecular weight is 295 g/mol. The maximum Gasteiger partial charge on any atom is 0.326 e. The Morgan fingerprint density at radius 1 is 1.35 bits per heavy atom. The molecule has 1 amide bonds. The molecule has 0 aliphatic heterocycles. The van der Waals surface area contributed by atoms with Crippen LogP contribution in [0.1, 0.15) is 37.3 Å². The number of carboxylic acids is 1. The summed E-state index contributed by atoms with van der Waals surface area (Å²) in [5.41, 5.74) is 2.55. The Hall–Kier alpha value is -1.49. The normalized spacial score (nSPS) is 12.2. The Labute approximate surface area is 124 Å². The van der Waals surface area contributed by atoms with Gasteiger partial charge in [-0.2, -0.15) is 11.8 Å². The van der Waals surface area contributed by atoms with Gasteiger partial charge in [-0.1, -0.05) is 38.1 Å². The fourth-order valence-corrected chi connectivity index (χ4v) is 2.73. The van der Waals surface area contributed by atoms with Gasteiger partial charge in [0, 0.05) is 5.75 Å². The quantitative estimate of drug-likeness (QED) is 0.543. The first-order valence-electron chi connectivity index (χ1n) is 6.63. The second-order valence-corrected chi connectivity index (χ2v) is 6.02. The molecule has 0 saturated heterocycles. The number of hydrogen-bond acceptors (Lipinski definition) is 3. The number of carbonyl (C=O) groups is 2. The molecule has 0 aliphatic carbocycles. The lowest BCUT2D eigenvalue weighted by Crippen LogP contribution is -2.36. The summed E-state index contributed by atoms with van der Waals surface area (Å²) in [5, 5.41) is 11.2. The molecule has 0 radical (unpaired) electrons. The van der Waals surface area contributed by atoms with Crippen LogP contribution in [0.15, 0.2) is 24.3 Å². The molecule has 1 unspecified atom stereocenters. The van der Waals surface area contributed by atoms with Crippen molar-refractivity contribution in [1.82, 2.24) is 5.32 Å². The van der Waals surface area contributed by atoms with Crippen molar-refractivity contribution < 1.29 is 14.7 Å². The maximum atomic E-state index is 10.8. The summed E-state index contributed by atoms with van der Waals surface area (Å²) in [6, 6.07) is 7.70. The van der Waals surface area contributed by atoms with Crippen LogP contribution in [0, 0.1) is 0 Å². The van der Waals surface area contributed by atoms with E-state index in [1.165, 1.54) is 11.1 Å². The van der Waals surface area contributed by atoms with E-state index in [4.69, 9.17) is 5.11 Å². The summed E-state index contributed by atoms with van der Waals surface area (Å²) in [4.78, 5) is 21.1. The second-order valence-electron chi connectivity index (χ2n) is 4.91. The van der Waals surface area contributed by atoms with Gasteiger partial charge < -0.3 is 10.4 Å². The van der Waals surface area contributed by atoms with Gasteiger partial charge >= 0.3 is 5.97 Å². The summed E-state index contributed by atoms with van der Waals surface area (Å²) in [6.07, 6.45) is 0.872. The lowest BCUT2D eigenvalue weighted by molar-refractivity contribution is -0.140. The summed E-state index contributed by atoms with van der Waals surface area (Å²) in [7, 11) is 0. The number of benzene rings is 1. The molecule has 0 saturated carbocycles. The first-order valence-corrected chi connectivity index (χ1v) is 7.79. The van der Waals surface area contributed by atoms with Crippen molar-refractivity contribution in [1.29, 1.82) is 0 Å². The molecule has 0 aliphatic rings. The molecule has 1 aromatic rings. The van der Waals surface area contributed by atoms with Crippen LogP contribution < -0.4 is 5.32 Å². The molecule has 5 heteroatoms. The summed E-state index contributed by atoms with van der Waals surface area (Å²) >= 11 is 1.67. The fraction of sp³-hybridized carbons (Fsp3) is 0.467. The van der Waals surface area contributed by atoms with E-state index in [0.29, 0.717) is 24.5 Å². The van der Waals surface area contributed by atoms with Crippen LogP contribution in [-0.2, 0) is 15.3 Å². The third-order valence-electron chi connectivity index (χ3n) is 3.03. The van der Waals surface area contributed by atoms with Crippen LogP contribution >= 0.6 is 11.8 Å². The zero-order valence-corrected chi connectivity index (χ0v) is 12.7. The van der Waals surface area contributed by atoms with Gasteiger partial charge in [0.15, 0.2) is 0 Å². The first-order chi connectivity index (χ1) is 9.54. The number of nitrogens with one attached hydrogen (secondary N) is 1. The smallest absolute Gasteiger partial charge is 0.326 e. The highest BCUT2D eigenvalue weighted by Crippen LogP contribution is 2.18. The van der Waals surface area contributed by atoms with E-state index >= 15 is 0 Å². The Morgan fingerprint density at radius 2 is 2.00 bits per heavy atom. The van der Waals surface area contributed by atoms with E-state index in [0.717, 1.165) is 5.75 Å². The van der Waals surface area contributed by atoms with E-state index in [-0.39, 0.29) is 0 Å². The number of thioether (sulfide) groups is 1. The molecule has 20 heavy (non-hydrogen) atoms. The third kappa shape index (κ3) is 5.65. The predicted octanol–water partition coefficient (Wildman–Crippen LogP) is 2.63. The molecule has 0 bridgehead atoms. The van der Waals surface area contributed by atoms with Crippen molar-refractivity contribution in [3.63, 3.8) is 0 Å². The van der Waals surface area contributed by atoms with E-state index in [1.807, 2.05) is 0 Å². The second kappa shape index (κ2) is 8.64. The van der Waals surface area contributed by atoms with Crippen LogP contribution in [0.4, 0.5) is 0 Å². The van der Waals surface area contributed by atoms with Crippen LogP contribution in [-0.4, -0.2) is 29.3 Å². The molecule has 110 valence electrons. The molecule has 2 N–H and O–H groups in total. The van der Waals surface area contributed by atoms with Crippen LogP contribution in [0.2, 0.25) is 0 Å². The topological polar surface area (TPSA) is 66.4 Å². The van der Waals surface area contributed by atoms with E-state index < -0.39 is 12.0 Å². The lowest BCUT2D eigenvalue weighted by Gasteiger charge is -2.10. The van der Waals surface area contributed by atoms with Crippen molar-refractivity contribution in [2.45, 2.75) is 38.0 Å². The third-order valence-corrected chi connectivity index (χ3v) is 4.10. The molecule has 1 rings (SSSR count). The Kier molecular flexibility index (Phi) is 7.15. The highest BCUT2D eigenvalue weighted by atomic mass is 32.2. The molecular formula is C15H21NO3S. The molecule has 0 spiro atoms. The lowest BCUT2D eigenvalue weighted by atomic mass is 10.0. The Morgan fingerprint density at radius 3 is 2.50 bits per heavy atom. The molecule has 0 heterocycles. The number of carboxylic acid groups (broad SMARTS) is 1.